The minimum Gasteiger partial charge on any atom is -0.355 e. The fraction of sp³-hybridized carbons (Fsp3) is 0.222. The number of hydrogen-bond donors (Lipinski definition) is 0. The lowest BCUT2D eigenvalue weighted by Crippen LogP contribution is -2.36. The molecular formula is C18H15Cl2NO3. The molecule has 0 saturated carbocycles. The molecule has 3 rings (SSSR count). The highest BCUT2D eigenvalue weighted by Gasteiger charge is 2.35. The second-order valence-electron chi connectivity index (χ2n) is 5.53. The van der Waals surface area contributed by atoms with E-state index in [1.54, 1.807) is 31.3 Å². The first-order valence-electron chi connectivity index (χ1n) is 7.43. The van der Waals surface area contributed by atoms with Crippen LogP contribution in [-0.2, 0) is 14.3 Å². The molecule has 6 heteroatoms. The van der Waals surface area contributed by atoms with Crippen molar-refractivity contribution in [3.63, 3.8) is 0 Å². The molecule has 0 aromatic heterocycles. The van der Waals surface area contributed by atoms with Gasteiger partial charge >= 0.3 is 0 Å². The number of ether oxygens (including phenoxy) is 1. The zero-order valence-corrected chi connectivity index (χ0v) is 14.4. The molecule has 1 aliphatic heterocycles. The molecule has 0 aliphatic carbocycles. The third-order valence-electron chi connectivity index (χ3n) is 4.04. The van der Waals surface area contributed by atoms with E-state index >= 15 is 0 Å². The molecule has 4 nitrogen and oxygen atoms in total. The Morgan fingerprint density at radius 2 is 1.92 bits per heavy atom. The molecule has 1 heterocycles. The van der Waals surface area contributed by atoms with E-state index in [1.165, 1.54) is 4.90 Å². The SMILES string of the molecule is CN1C(=O)C(CC=O)OC(c2ccccc2Cl)c2cc(Cl)ccc21. The molecule has 2 aromatic rings. The minimum absolute atomic E-state index is 0.0220. The van der Waals surface area contributed by atoms with Crippen LogP contribution >= 0.6 is 23.2 Å². The molecule has 0 spiro atoms. The predicted octanol–water partition coefficient (Wildman–Crippen LogP) is 4.03. The summed E-state index contributed by atoms with van der Waals surface area (Å²) in [7, 11) is 1.66. The predicted molar refractivity (Wildman–Crippen MR) is 93.7 cm³/mol. The van der Waals surface area contributed by atoms with Gasteiger partial charge < -0.3 is 14.4 Å². The third-order valence-corrected chi connectivity index (χ3v) is 4.62. The highest BCUT2D eigenvalue weighted by Crippen LogP contribution is 2.41. The number of nitrogens with zero attached hydrogens (tertiary/aromatic N) is 1. The normalized spacial score (nSPS) is 20.5. The van der Waals surface area contributed by atoms with Crippen LogP contribution in [0.4, 0.5) is 5.69 Å². The quantitative estimate of drug-likeness (QED) is 0.773. The molecule has 1 amide bonds. The van der Waals surface area contributed by atoms with Gasteiger partial charge in [0, 0.05) is 40.3 Å². The van der Waals surface area contributed by atoms with Gasteiger partial charge in [-0.2, -0.15) is 0 Å². The summed E-state index contributed by atoms with van der Waals surface area (Å²) in [6, 6.07) is 12.5. The molecule has 0 N–H and O–H groups in total. The Bertz CT molecular complexity index is 794. The maximum Gasteiger partial charge on any atom is 0.256 e. The largest absolute Gasteiger partial charge is 0.355 e. The van der Waals surface area contributed by atoms with E-state index in [9.17, 15) is 9.59 Å². The number of fused-ring (bicyclic) bond motifs is 1. The molecule has 0 fully saturated rings. The van der Waals surface area contributed by atoms with Gasteiger partial charge in [-0.05, 0) is 24.3 Å². The van der Waals surface area contributed by atoms with Gasteiger partial charge in [0.2, 0.25) is 0 Å². The van der Waals surface area contributed by atoms with E-state index in [1.807, 2.05) is 18.2 Å². The van der Waals surface area contributed by atoms with Crippen molar-refractivity contribution in [2.45, 2.75) is 18.6 Å². The summed E-state index contributed by atoms with van der Waals surface area (Å²) >= 11 is 12.5. The topological polar surface area (TPSA) is 46.6 Å². The van der Waals surface area contributed by atoms with Gasteiger partial charge in [-0.15, -0.1) is 0 Å². The van der Waals surface area contributed by atoms with Crippen LogP contribution in [-0.4, -0.2) is 25.3 Å². The molecule has 2 atom stereocenters. The lowest BCUT2D eigenvalue weighted by Gasteiger charge is -2.21. The zero-order valence-electron chi connectivity index (χ0n) is 12.9. The Morgan fingerprint density at radius 1 is 1.17 bits per heavy atom. The summed E-state index contributed by atoms with van der Waals surface area (Å²) in [6.07, 6.45) is -0.805. The number of rotatable bonds is 3. The Labute approximate surface area is 149 Å². The second-order valence-corrected chi connectivity index (χ2v) is 6.37. The van der Waals surface area contributed by atoms with Crippen LogP contribution in [0.2, 0.25) is 10.0 Å². The summed E-state index contributed by atoms with van der Waals surface area (Å²) < 4.78 is 6.02. The fourth-order valence-electron chi connectivity index (χ4n) is 2.84. The van der Waals surface area contributed by atoms with E-state index in [0.717, 1.165) is 11.1 Å². The van der Waals surface area contributed by atoms with E-state index in [2.05, 4.69) is 0 Å². The van der Waals surface area contributed by atoms with Gasteiger partial charge in [0.25, 0.3) is 5.91 Å². The van der Waals surface area contributed by atoms with Crippen LogP contribution in [0.1, 0.15) is 23.7 Å². The summed E-state index contributed by atoms with van der Waals surface area (Å²) in [5.41, 5.74) is 2.14. The maximum atomic E-state index is 12.6. The standard InChI is InChI=1S/C18H15Cl2NO3/c1-21-15-7-6-11(19)10-13(15)17(12-4-2-3-5-14(12)20)24-16(8-9-22)18(21)23/h2-7,9-10,16-17H,8H2,1H3. The molecule has 2 aromatic carbocycles. The van der Waals surface area contributed by atoms with Crippen molar-refractivity contribution in [3.8, 4) is 0 Å². The number of likely N-dealkylation sites (N-methyl/N-ethyl adjacent to an activating group) is 1. The number of benzene rings is 2. The van der Waals surface area contributed by atoms with Crippen LogP contribution in [0.5, 0.6) is 0 Å². The van der Waals surface area contributed by atoms with Gasteiger partial charge in [0.05, 0.1) is 0 Å². The fourth-order valence-corrected chi connectivity index (χ4v) is 3.26. The summed E-state index contributed by atoms with van der Waals surface area (Å²) in [5.74, 6) is -0.278. The molecular weight excluding hydrogens is 349 g/mol. The van der Waals surface area contributed by atoms with Crippen molar-refractivity contribution in [3.05, 3.63) is 63.6 Å². The van der Waals surface area contributed by atoms with E-state index in [0.29, 0.717) is 22.0 Å². The summed E-state index contributed by atoms with van der Waals surface area (Å²) in [4.78, 5) is 25.1. The summed E-state index contributed by atoms with van der Waals surface area (Å²) in [5, 5.41) is 1.05. The molecule has 1 aliphatic rings. The number of halogens is 2. The number of hydrogen-bond acceptors (Lipinski definition) is 3. The molecule has 0 radical (unpaired) electrons. The lowest BCUT2D eigenvalue weighted by atomic mass is 9.99. The van der Waals surface area contributed by atoms with Crippen molar-refractivity contribution in [2.75, 3.05) is 11.9 Å². The lowest BCUT2D eigenvalue weighted by molar-refractivity contribution is -0.134. The van der Waals surface area contributed by atoms with Crippen molar-refractivity contribution < 1.29 is 14.3 Å². The second kappa shape index (κ2) is 6.93. The summed E-state index contributed by atoms with van der Waals surface area (Å²) in [6.45, 7) is 0. The minimum atomic E-state index is -0.875. The van der Waals surface area contributed by atoms with Crippen LogP contribution < -0.4 is 4.90 Å². The van der Waals surface area contributed by atoms with Crippen molar-refractivity contribution in [1.29, 1.82) is 0 Å². The number of anilines is 1. The average Bonchev–Trinajstić information content (AvgIpc) is 2.66. The van der Waals surface area contributed by atoms with Gasteiger partial charge in [0.15, 0.2) is 0 Å². The first-order chi connectivity index (χ1) is 11.5. The molecule has 24 heavy (non-hydrogen) atoms. The van der Waals surface area contributed by atoms with Crippen molar-refractivity contribution in [2.24, 2.45) is 0 Å². The van der Waals surface area contributed by atoms with Crippen LogP contribution in [0.25, 0.3) is 0 Å². The van der Waals surface area contributed by atoms with Gasteiger partial charge in [-0.3, -0.25) is 4.79 Å². The molecule has 2 unspecified atom stereocenters. The number of aldehydes is 1. The smallest absolute Gasteiger partial charge is 0.256 e. The average molecular weight is 364 g/mol. The zero-order chi connectivity index (χ0) is 17.3. The highest BCUT2D eigenvalue weighted by molar-refractivity contribution is 6.31. The Morgan fingerprint density at radius 3 is 2.62 bits per heavy atom. The maximum absolute atomic E-state index is 12.6. The van der Waals surface area contributed by atoms with Crippen LogP contribution in [0.15, 0.2) is 42.5 Å². The van der Waals surface area contributed by atoms with Gasteiger partial charge in [-0.25, -0.2) is 0 Å². The number of carbonyl (C=O) groups is 2. The van der Waals surface area contributed by atoms with Crippen molar-refractivity contribution in [1.82, 2.24) is 0 Å². The van der Waals surface area contributed by atoms with Crippen molar-refractivity contribution >= 4 is 41.1 Å². The molecule has 0 bridgehead atoms. The first kappa shape index (κ1) is 17.0. The third kappa shape index (κ3) is 3.05. The van der Waals surface area contributed by atoms with E-state index in [4.69, 9.17) is 27.9 Å². The Hall–Kier alpha value is -1.88. The van der Waals surface area contributed by atoms with E-state index in [-0.39, 0.29) is 12.3 Å². The van der Waals surface area contributed by atoms with E-state index < -0.39 is 12.2 Å². The Kier molecular flexibility index (Phi) is 4.90. The van der Waals surface area contributed by atoms with Gasteiger partial charge in [-0.1, -0.05) is 41.4 Å². The van der Waals surface area contributed by atoms with Gasteiger partial charge in [0.1, 0.15) is 18.5 Å². The monoisotopic (exact) mass is 363 g/mol. The highest BCUT2D eigenvalue weighted by atomic mass is 35.5. The number of carbonyl (C=O) groups excluding carboxylic acids is 2. The van der Waals surface area contributed by atoms with Crippen LogP contribution in [0.3, 0.4) is 0 Å². The molecule has 124 valence electrons. The first-order valence-corrected chi connectivity index (χ1v) is 8.19. The molecule has 0 saturated heterocycles. The van der Waals surface area contributed by atoms with Crippen LogP contribution in [0, 0.1) is 0 Å². The number of amides is 1. The Balaban J connectivity index is 2.20.